The third-order valence-corrected chi connectivity index (χ3v) is 2.91. The number of hydrogen-bond donors (Lipinski definition) is 0. The van der Waals surface area contributed by atoms with Crippen molar-refractivity contribution in [1.82, 2.24) is 0 Å². The van der Waals surface area contributed by atoms with E-state index in [1.165, 1.54) is 0 Å². The van der Waals surface area contributed by atoms with Gasteiger partial charge in [-0.25, -0.2) is 0 Å². The highest BCUT2D eigenvalue weighted by Gasteiger charge is 2.21. The molecule has 0 radical (unpaired) electrons. The van der Waals surface area contributed by atoms with Gasteiger partial charge < -0.3 is 9.47 Å². The minimum atomic E-state index is -0.371. The zero-order chi connectivity index (χ0) is 10.7. The van der Waals surface area contributed by atoms with Crippen LogP contribution >= 0.6 is 15.9 Å². The highest BCUT2D eigenvalue weighted by molar-refractivity contribution is 9.10. The fourth-order valence-corrected chi connectivity index (χ4v) is 1.98. The third kappa shape index (κ3) is 2.65. The Hall–Kier alpha value is -0.710. The van der Waals surface area contributed by atoms with Gasteiger partial charge >= 0.3 is 0 Å². The first-order chi connectivity index (χ1) is 7.27. The number of halogens is 1. The summed E-state index contributed by atoms with van der Waals surface area (Å²) in [5, 5.41) is 0. The highest BCUT2D eigenvalue weighted by atomic mass is 79.9. The molecule has 0 unspecified atom stereocenters. The van der Waals surface area contributed by atoms with Gasteiger partial charge in [0.2, 0.25) is 0 Å². The van der Waals surface area contributed by atoms with E-state index in [4.69, 9.17) is 9.47 Å². The monoisotopic (exact) mass is 270 g/mol. The quantitative estimate of drug-likeness (QED) is 0.792. The van der Waals surface area contributed by atoms with Crippen LogP contribution in [0, 0.1) is 0 Å². The van der Waals surface area contributed by atoms with Gasteiger partial charge in [0.1, 0.15) is 0 Å². The Bertz CT molecular complexity index is 359. The predicted octanol–water partition coefficient (Wildman–Crippen LogP) is 2.39. The van der Waals surface area contributed by atoms with E-state index < -0.39 is 0 Å². The van der Waals surface area contributed by atoms with Gasteiger partial charge in [-0.2, -0.15) is 0 Å². The molecule has 1 aliphatic rings. The first-order valence-corrected chi connectivity index (χ1v) is 5.57. The summed E-state index contributed by atoms with van der Waals surface area (Å²) in [4.78, 5) is 11.8. The van der Waals surface area contributed by atoms with E-state index >= 15 is 0 Å². The van der Waals surface area contributed by atoms with Crippen LogP contribution in [0.4, 0.5) is 0 Å². The molecule has 1 heterocycles. The molecule has 1 aromatic rings. The second-order valence-corrected chi connectivity index (χ2v) is 4.13. The zero-order valence-electron chi connectivity index (χ0n) is 8.11. The third-order valence-electron chi connectivity index (χ3n) is 2.22. The number of hydrogen-bond acceptors (Lipinski definition) is 3. The van der Waals surface area contributed by atoms with Gasteiger partial charge in [0.15, 0.2) is 12.1 Å². The molecule has 0 aromatic heterocycles. The van der Waals surface area contributed by atoms with Crippen LogP contribution in [-0.4, -0.2) is 25.3 Å². The summed E-state index contributed by atoms with van der Waals surface area (Å²) in [6.45, 7) is 1.15. The Balaban J connectivity index is 2.04. The Labute approximate surface area is 96.5 Å². The standard InChI is InChI=1S/C11H11BrO3/c12-9-4-2-1-3-8(9)10(13)7-11-14-5-6-15-11/h1-4,11H,5-7H2. The van der Waals surface area contributed by atoms with Crippen LogP contribution in [0.15, 0.2) is 28.7 Å². The topological polar surface area (TPSA) is 35.5 Å². The lowest BCUT2D eigenvalue weighted by Gasteiger charge is -2.08. The summed E-state index contributed by atoms with van der Waals surface area (Å²) in [5.41, 5.74) is 0.677. The fourth-order valence-electron chi connectivity index (χ4n) is 1.47. The molecule has 0 amide bonds. The molecule has 1 fully saturated rings. The molecule has 0 aliphatic carbocycles. The Morgan fingerprint density at radius 3 is 2.67 bits per heavy atom. The first kappa shape index (κ1) is 10.8. The number of Topliss-reactive ketones (excluding diaryl/α,β-unsaturated/α-hetero) is 1. The summed E-state index contributed by atoms with van der Waals surface area (Å²) in [6.07, 6.45) is -0.0904. The molecule has 0 saturated carbocycles. The fraction of sp³-hybridized carbons (Fsp3) is 0.364. The second-order valence-electron chi connectivity index (χ2n) is 3.28. The maximum Gasteiger partial charge on any atom is 0.169 e. The molecule has 3 nitrogen and oxygen atoms in total. The molecule has 0 bridgehead atoms. The van der Waals surface area contributed by atoms with E-state index in [9.17, 15) is 4.79 Å². The lowest BCUT2D eigenvalue weighted by atomic mass is 10.1. The molecule has 0 atom stereocenters. The van der Waals surface area contributed by atoms with E-state index in [2.05, 4.69) is 15.9 Å². The van der Waals surface area contributed by atoms with Gasteiger partial charge in [-0.15, -0.1) is 0 Å². The second kappa shape index (κ2) is 4.88. The first-order valence-electron chi connectivity index (χ1n) is 4.78. The molecular formula is C11H11BrO3. The average molecular weight is 271 g/mol. The van der Waals surface area contributed by atoms with Crippen molar-refractivity contribution in [1.29, 1.82) is 0 Å². The average Bonchev–Trinajstić information content (AvgIpc) is 2.71. The smallest absolute Gasteiger partial charge is 0.169 e. The number of carbonyl (C=O) groups excluding carboxylic acids is 1. The Morgan fingerprint density at radius 2 is 2.00 bits per heavy atom. The van der Waals surface area contributed by atoms with Crippen LogP contribution < -0.4 is 0 Å². The van der Waals surface area contributed by atoms with Crippen molar-refractivity contribution in [3.8, 4) is 0 Å². The molecule has 1 aromatic carbocycles. The van der Waals surface area contributed by atoms with Crippen molar-refractivity contribution >= 4 is 21.7 Å². The van der Waals surface area contributed by atoms with E-state index in [1.807, 2.05) is 18.2 Å². The molecule has 2 rings (SSSR count). The van der Waals surface area contributed by atoms with E-state index in [0.29, 0.717) is 18.8 Å². The number of rotatable bonds is 3. The van der Waals surface area contributed by atoms with Crippen molar-refractivity contribution in [2.75, 3.05) is 13.2 Å². The van der Waals surface area contributed by atoms with Crippen LogP contribution in [0.25, 0.3) is 0 Å². The van der Waals surface area contributed by atoms with Crippen LogP contribution in [0.5, 0.6) is 0 Å². The minimum Gasteiger partial charge on any atom is -0.350 e. The number of ether oxygens (including phenoxy) is 2. The molecule has 80 valence electrons. The minimum absolute atomic E-state index is 0.0365. The largest absolute Gasteiger partial charge is 0.350 e. The van der Waals surface area contributed by atoms with Gasteiger partial charge in [0.05, 0.1) is 19.6 Å². The van der Waals surface area contributed by atoms with Crippen molar-refractivity contribution in [3.63, 3.8) is 0 Å². The summed E-state index contributed by atoms with van der Waals surface area (Å²) >= 11 is 3.34. The summed E-state index contributed by atoms with van der Waals surface area (Å²) in [7, 11) is 0. The van der Waals surface area contributed by atoms with Gasteiger partial charge in [0, 0.05) is 10.0 Å². The van der Waals surface area contributed by atoms with Gasteiger partial charge in [-0.3, -0.25) is 4.79 Å². The maximum absolute atomic E-state index is 11.8. The molecule has 15 heavy (non-hydrogen) atoms. The molecule has 1 saturated heterocycles. The number of benzene rings is 1. The molecule has 4 heteroatoms. The van der Waals surface area contributed by atoms with Crippen molar-refractivity contribution in [2.45, 2.75) is 12.7 Å². The number of carbonyl (C=O) groups is 1. The zero-order valence-corrected chi connectivity index (χ0v) is 9.70. The van der Waals surface area contributed by atoms with Crippen LogP contribution in [0.3, 0.4) is 0 Å². The maximum atomic E-state index is 11.8. The molecular weight excluding hydrogens is 260 g/mol. The van der Waals surface area contributed by atoms with Gasteiger partial charge in [-0.05, 0) is 6.07 Å². The van der Waals surface area contributed by atoms with E-state index in [0.717, 1.165) is 4.47 Å². The Kier molecular flexibility index (Phi) is 3.51. The predicted molar refractivity (Wildman–Crippen MR) is 58.8 cm³/mol. The van der Waals surface area contributed by atoms with Crippen molar-refractivity contribution in [3.05, 3.63) is 34.3 Å². The van der Waals surface area contributed by atoms with Gasteiger partial charge in [0.25, 0.3) is 0 Å². The summed E-state index contributed by atoms with van der Waals surface area (Å²) < 4.78 is 11.3. The SMILES string of the molecule is O=C(CC1OCCO1)c1ccccc1Br. The van der Waals surface area contributed by atoms with Crippen LogP contribution in [0.2, 0.25) is 0 Å². The lowest BCUT2D eigenvalue weighted by molar-refractivity contribution is -0.0407. The molecule has 1 aliphatic heterocycles. The summed E-state index contributed by atoms with van der Waals surface area (Å²) in [5.74, 6) is 0.0365. The van der Waals surface area contributed by atoms with Crippen molar-refractivity contribution < 1.29 is 14.3 Å². The van der Waals surface area contributed by atoms with Crippen molar-refractivity contribution in [2.24, 2.45) is 0 Å². The van der Waals surface area contributed by atoms with E-state index in [1.54, 1.807) is 6.07 Å². The van der Waals surface area contributed by atoms with Gasteiger partial charge in [-0.1, -0.05) is 34.1 Å². The lowest BCUT2D eigenvalue weighted by Crippen LogP contribution is -2.14. The molecule has 0 N–H and O–H groups in total. The molecule has 0 spiro atoms. The highest BCUT2D eigenvalue weighted by Crippen LogP contribution is 2.19. The Morgan fingerprint density at radius 1 is 1.33 bits per heavy atom. The summed E-state index contributed by atoms with van der Waals surface area (Å²) in [6, 6.07) is 7.36. The van der Waals surface area contributed by atoms with Crippen LogP contribution in [-0.2, 0) is 9.47 Å². The van der Waals surface area contributed by atoms with E-state index in [-0.39, 0.29) is 18.5 Å². The number of ketones is 1. The van der Waals surface area contributed by atoms with Crippen LogP contribution in [0.1, 0.15) is 16.8 Å². The normalized spacial score (nSPS) is 16.9.